The molecule has 0 saturated carbocycles. The average Bonchev–Trinajstić information content (AvgIpc) is 2.77. The van der Waals surface area contributed by atoms with Crippen LogP contribution in [-0.4, -0.2) is 47.7 Å². The lowest BCUT2D eigenvalue weighted by molar-refractivity contribution is -0.186. The third-order valence-electron chi connectivity index (χ3n) is 6.59. The standard InChI is InChI=1S/C26H50O5/c1-3-4-5-6-7-8-9-10-11-12-13-14-15-16-18-26(20-23(2)17-19-31-26)25(29)30-22-24(28)21-27/h23-24,27-28H,3-22H2,1-2H3. The number of hydrogen-bond acceptors (Lipinski definition) is 5. The lowest BCUT2D eigenvalue weighted by Crippen LogP contribution is -2.48. The average molecular weight is 443 g/mol. The molecule has 0 aromatic carbocycles. The molecule has 0 bridgehead atoms. The smallest absolute Gasteiger partial charge is 0.338 e. The Labute approximate surface area is 191 Å². The minimum Gasteiger partial charge on any atom is -0.461 e. The summed E-state index contributed by atoms with van der Waals surface area (Å²) in [5, 5.41) is 18.4. The van der Waals surface area contributed by atoms with E-state index in [1.54, 1.807) is 0 Å². The number of ether oxygens (including phenoxy) is 2. The predicted molar refractivity (Wildman–Crippen MR) is 126 cm³/mol. The zero-order chi connectivity index (χ0) is 22.8. The van der Waals surface area contributed by atoms with Gasteiger partial charge in [-0.25, -0.2) is 4.79 Å². The Morgan fingerprint density at radius 1 is 0.968 bits per heavy atom. The summed E-state index contributed by atoms with van der Waals surface area (Å²) in [6, 6.07) is 0. The summed E-state index contributed by atoms with van der Waals surface area (Å²) >= 11 is 0. The third kappa shape index (κ3) is 12.8. The van der Waals surface area contributed by atoms with Gasteiger partial charge >= 0.3 is 5.97 Å². The van der Waals surface area contributed by atoms with Crippen LogP contribution in [0.4, 0.5) is 0 Å². The minimum absolute atomic E-state index is 0.173. The number of aliphatic hydroxyl groups is 2. The summed E-state index contributed by atoms with van der Waals surface area (Å²) in [4.78, 5) is 12.7. The van der Waals surface area contributed by atoms with Crippen LogP contribution in [0.15, 0.2) is 0 Å². The van der Waals surface area contributed by atoms with Crippen LogP contribution >= 0.6 is 0 Å². The van der Waals surface area contributed by atoms with Gasteiger partial charge in [0.25, 0.3) is 0 Å². The van der Waals surface area contributed by atoms with Crippen molar-refractivity contribution in [2.45, 2.75) is 135 Å². The highest BCUT2D eigenvalue weighted by molar-refractivity contribution is 5.79. The molecular weight excluding hydrogens is 392 g/mol. The van der Waals surface area contributed by atoms with Gasteiger partial charge in [0, 0.05) is 6.61 Å². The summed E-state index contributed by atoms with van der Waals surface area (Å²) in [5.74, 6) is 0.0527. The maximum absolute atomic E-state index is 12.7. The summed E-state index contributed by atoms with van der Waals surface area (Å²) in [5.41, 5.74) is -0.871. The van der Waals surface area contributed by atoms with Gasteiger partial charge in [-0.05, 0) is 31.6 Å². The van der Waals surface area contributed by atoms with Crippen LogP contribution in [-0.2, 0) is 14.3 Å². The number of carbonyl (C=O) groups is 1. The first-order valence-corrected chi connectivity index (χ1v) is 13.1. The molecule has 0 aromatic heterocycles. The fourth-order valence-electron chi connectivity index (χ4n) is 4.56. The van der Waals surface area contributed by atoms with Gasteiger partial charge in [0.2, 0.25) is 0 Å². The Balaban J connectivity index is 2.14. The van der Waals surface area contributed by atoms with Crippen LogP contribution in [0.25, 0.3) is 0 Å². The van der Waals surface area contributed by atoms with Crippen LogP contribution in [0.3, 0.4) is 0 Å². The highest BCUT2D eigenvalue weighted by Crippen LogP contribution is 2.35. The predicted octanol–water partition coefficient (Wildman–Crippen LogP) is 5.94. The minimum atomic E-state index is -1.02. The number of hydrogen-bond donors (Lipinski definition) is 2. The maximum atomic E-state index is 12.7. The highest BCUT2D eigenvalue weighted by Gasteiger charge is 2.44. The second kappa shape index (κ2) is 17.9. The molecule has 1 aliphatic heterocycles. The van der Waals surface area contributed by atoms with Gasteiger partial charge in [0.15, 0.2) is 5.60 Å². The van der Waals surface area contributed by atoms with Gasteiger partial charge in [-0.2, -0.15) is 0 Å². The van der Waals surface area contributed by atoms with E-state index in [0.717, 1.165) is 19.3 Å². The molecular formula is C26H50O5. The second-order valence-corrected chi connectivity index (χ2v) is 9.72. The van der Waals surface area contributed by atoms with Crippen molar-refractivity contribution in [1.82, 2.24) is 0 Å². The van der Waals surface area contributed by atoms with Crippen LogP contribution in [0.1, 0.15) is 123 Å². The van der Waals surface area contributed by atoms with E-state index in [1.807, 2.05) is 0 Å². The van der Waals surface area contributed by atoms with Crippen LogP contribution < -0.4 is 0 Å². The zero-order valence-corrected chi connectivity index (χ0v) is 20.4. The molecule has 1 saturated heterocycles. The van der Waals surface area contributed by atoms with Crippen molar-refractivity contribution >= 4 is 5.97 Å². The molecule has 31 heavy (non-hydrogen) atoms. The van der Waals surface area contributed by atoms with Crippen molar-refractivity contribution in [3.05, 3.63) is 0 Å². The number of esters is 1. The molecule has 0 radical (unpaired) electrons. The SMILES string of the molecule is CCCCCCCCCCCCCCCCC1(C(=O)OCC(O)CO)CC(C)CCO1. The second-order valence-electron chi connectivity index (χ2n) is 9.72. The molecule has 1 rings (SSSR count). The summed E-state index contributed by atoms with van der Waals surface area (Å²) < 4.78 is 11.2. The highest BCUT2D eigenvalue weighted by atomic mass is 16.6. The number of unbranched alkanes of at least 4 members (excludes halogenated alkanes) is 13. The molecule has 1 heterocycles. The summed E-state index contributed by atoms with van der Waals surface area (Å²) in [6.07, 6.45) is 19.6. The Morgan fingerprint density at radius 2 is 1.48 bits per heavy atom. The van der Waals surface area contributed by atoms with E-state index in [-0.39, 0.29) is 12.6 Å². The van der Waals surface area contributed by atoms with Crippen LogP contribution in [0.2, 0.25) is 0 Å². The first-order valence-electron chi connectivity index (χ1n) is 13.1. The lowest BCUT2D eigenvalue weighted by Gasteiger charge is -2.38. The Hall–Kier alpha value is -0.650. The van der Waals surface area contributed by atoms with Crippen molar-refractivity contribution in [1.29, 1.82) is 0 Å². The van der Waals surface area contributed by atoms with E-state index in [1.165, 1.54) is 77.0 Å². The number of rotatable bonds is 19. The monoisotopic (exact) mass is 442 g/mol. The Morgan fingerprint density at radius 3 is 1.97 bits per heavy atom. The number of carbonyl (C=O) groups excluding carboxylic acids is 1. The van der Waals surface area contributed by atoms with E-state index in [4.69, 9.17) is 14.6 Å². The molecule has 184 valence electrons. The quantitative estimate of drug-likeness (QED) is 0.191. The van der Waals surface area contributed by atoms with E-state index < -0.39 is 18.3 Å². The first-order chi connectivity index (χ1) is 15.0. The van der Waals surface area contributed by atoms with Gasteiger partial charge in [-0.15, -0.1) is 0 Å². The molecule has 5 heteroatoms. The largest absolute Gasteiger partial charge is 0.461 e. The molecule has 0 amide bonds. The van der Waals surface area contributed by atoms with E-state index in [2.05, 4.69) is 13.8 Å². The summed E-state index contributed by atoms with van der Waals surface area (Å²) in [7, 11) is 0. The third-order valence-corrected chi connectivity index (χ3v) is 6.59. The van der Waals surface area contributed by atoms with Gasteiger partial charge in [-0.1, -0.05) is 97.3 Å². The molecule has 2 N–H and O–H groups in total. The first kappa shape index (κ1) is 28.4. The van der Waals surface area contributed by atoms with E-state index in [9.17, 15) is 9.90 Å². The van der Waals surface area contributed by atoms with Crippen LogP contribution in [0, 0.1) is 5.92 Å². The fourth-order valence-corrected chi connectivity index (χ4v) is 4.56. The van der Waals surface area contributed by atoms with Gasteiger partial charge in [-0.3, -0.25) is 0 Å². The van der Waals surface area contributed by atoms with E-state index >= 15 is 0 Å². The summed E-state index contributed by atoms with van der Waals surface area (Å²) in [6.45, 7) is 4.42. The molecule has 1 fully saturated rings. The lowest BCUT2D eigenvalue weighted by atomic mass is 9.83. The topological polar surface area (TPSA) is 76.0 Å². The Bertz CT molecular complexity index is 442. The van der Waals surface area contributed by atoms with E-state index in [0.29, 0.717) is 25.4 Å². The van der Waals surface area contributed by atoms with Crippen molar-refractivity contribution in [3.63, 3.8) is 0 Å². The molecule has 0 aromatic rings. The normalized spacial score (nSPS) is 22.4. The molecule has 0 aliphatic carbocycles. The van der Waals surface area contributed by atoms with Gasteiger partial charge < -0.3 is 19.7 Å². The van der Waals surface area contributed by atoms with Gasteiger partial charge in [0.05, 0.1) is 6.61 Å². The molecule has 3 atom stereocenters. The zero-order valence-electron chi connectivity index (χ0n) is 20.4. The molecule has 0 spiro atoms. The van der Waals surface area contributed by atoms with Crippen molar-refractivity contribution < 1.29 is 24.5 Å². The Kier molecular flexibility index (Phi) is 16.3. The van der Waals surface area contributed by atoms with Crippen molar-refractivity contribution in [3.8, 4) is 0 Å². The molecule has 1 aliphatic rings. The van der Waals surface area contributed by atoms with Crippen molar-refractivity contribution in [2.75, 3.05) is 19.8 Å². The number of aliphatic hydroxyl groups excluding tert-OH is 2. The van der Waals surface area contributed by atoms with Gasteiger partial charge in [0.1, 0.15) is 12.7 Å². The fraction of sp³-hybridized carbons (Fsp3) is 0.962. The van der Waals surface area contributed by atoms with Crippen molar-refractivity contribution in [2.24, 2.45) is 5.92 Å². The maximum Gasteiger partial charge on any atom is 0.338 e. The van der Waals surface area contributed by atoms with Crippen LogP contribution in [0.5, 0.6) is 0 Å². The molecule has 5 nitrogen and oxygen atoms in total. The molecule has 3 unspecified atom stereocenters.